The van der Waals surface area contributed by atoms with Crippen molar-refractivity contribution >= 4 is 22.8 Å². The molecule has 1 aromatic carbocycles. The molecule has 0 spiro atoms. The Morgan fingerprint density at radius 2 is 1.65 bits per heavy atom. The molecule has 0 aliphatic rings. The van der Waals surface area contributed by atoms with Gasteiger partial charge in [-0.25, -0.2) is 0 Å². The maximum Gasteiger partial charge on any atom is 0.208 e. The summed E-state index contributed by atoms with van der Waals surface area (Å²) in [7, 11) is 4.55. The first-order valence-electron chi connectivity index (χ1n) is 5.80. The average molecular weight is 293 g/mol. The van der Waals surface area contributed by atoms with Crippen LogP contribution < -0.4 is 19.9 Å². The van der Waals surface area contributed by atoms with E-state index in [4.69, 9.17) is 19.9 Å². The van der Waals surface area contributed by atoms with Crippen LogP contribution in [-0.2, 0) is 0 Å². The third kappa shape index (κ3) is 2.42. The summed E-state index contributed by atoms with van der Waals surface area (Å²) in [4.78, 5) is 13.0. The zero-order chi connectivity index (χ0) is 14.7. The van der Waals surface area contributed by atoms with Crippen molar-refractivity contribution in [1.29, 1.82) is 0 Å². The number of nitrogen functional groups attached to an aromatic ring is 1. The van der Waals surface area contributed by atoms with Gasteiger partial charge < -0.3 is 19.9 Å². The van der Waals surface area contributed by atoms with Crippen LogP contribution in [0.15, 0.2) is 23.6 Å². The van der Waals surface area contributed by atoms with E-state index in [9.17, 15) is 4.79 Å². The molecular formula is C14H15NO4S. The van der Waals surface area contributed by atoms with E-state index in [1.165, 1.54) is 32.7 Å². The second-order valence-corrected chi connectivity index (χ2v) is 4.86. The summed E-state index contributed by atoms with van der Waals surface area (Å²) < 4.78 is 15.5. The lowest BCUT2D eigenvalue weighted by molar-refractivity contribution is 0.104. The molecular weight excluding hydrogens is 278 g/mol. The maximum atomic E-state index is 12.5. The van der Waals surface area contributed by atoms with E-state index in [0.717, 1.165) is 0 Å². The lowest BCUT2D eigenvalue weighted by Gasteiger charge is -2.11. The van der Waals surface area contributed by atoms with Gasteiger partial charge in [-0.15, -0.1) is 11.3 Å². The minimum atomic E-state index is -0.199. The first-order chi connectivity index (χ1) is 9.62. The number of benzene rings is 1. The Hall–Kier alpha value is -2.21. The Kier molecular flexibility index (Phi) is 4.14. The van der Waals surface area contributed by atoms with Crippen LogP contribution in [0.25, 0.3) is 0 Å². The molecule has 5 nitrogen and oxygen atoms in total. The predicted octanol–water partition coefficient (Wildman–Crippen LogP) is 2.59. The van der Waals surface area contributed by atoms with Crippen molar-refractivity contribution in [3.63, 3.8) is 0 Å². The standard InChI is InChI=1S/C14H15NO4S/c1-17-10-4-5-20-14(10)13(16)8-6-11(18-2)12(19-3)7-9(8)15/h4-7H,15H2,1-3H3. The van der Waals surface area contributed by atoms with Crippen molar-refractivity contribution in [3.8, 4) is 17.2 Å². The summed E-state index contributed by atoms with van der Waals surface area (Å²) in [5.74, 6) is 1.28. The highest BCUT2D eigenvalue weighted by Gasteiger charge is 2.20. The van der Waals surface area contributed by atoms with E-state index in [-0.39, 0.29) is 5.78 Å². The van der Waals surface area contributed by atoms with Gasteiger partial charge in [-0.05, 0) is 17.5 Å². The number of thiophene rings is 1. The molecule has 2 rings (SSSR count). The Bertz CT molecular complexity index is 636. The third-order valence-corrected chi connectivity index (χ3v) is 3.75. The number of hydrogen-bond acceptors (Lipinski definition) is 6. The first-order valence-corrected chi connectivity index (χ1v) is 6.68. The Morgan fingerprint density at radius 1 is 1.05 bits per heavy atom. The molecule has 0 bridgehead atoms. The SMILES string of the molecule is COc1cc(N)c(C(=O)c2sccc2OC)cc1OC. The second-order valence-electron chi connectivity index (χ2n) is 3.94. The van der Waals surface area contributed by atoms with Crippen LogP contribution in [0.3, 0.4) is 0 Å². The number of rotatable bonds is 5. The third-order valence-electron chi connectivity index (χ3n) is 2.86. The van der Waals surface area contributed by atoms with Crippen LogP contribution in [0, 0.1) is 0 Å². The number of carbonyl (C=O) groups excluding carboxylic acids is 1. The van der Waals surface area contributed by atoms with Crippen LogP contribution in [0.4, 0.5) is 5.69 Å². The lowest BCUT2D eigenvalue weighted by atomic mass is 10.1. The Morgan fingerprint density at radius 3 is 2.25 bits per heavy atom. The molecule has 0 saturated carbocycles. The summed E-state index contributed by atoms with van der Waals surface area (Å²) >= 11 is 1.31. The molecule has 20 heavy (non-hydrogen) atoms. The normalized spacial score (nSPS) is 10.2. The summed E-state index contributed by atoms with van der Waals surface area (Å²) in [6.45, 7) is 0. The van der Waals surface area contributed by atoms with E-state index in [1.807, 2.05) is 0 Å². The highest BCUT2D eigenvalue weighted by molar-refractivity contribution is 7.12. The largest absolute Gasteiger partial charge is 0.495 e. The zero-order valence-electron chi connectivity index (χ0n) is 11.4. The van der Waals surface area contributed by atoms with Gasteiger partial charge in [0.05, 0.1) is 26.9 Å². The van der Waals surface area contributed by atoms with Crippen molar-refractivity contribution in [2.45, 2.75) is 0 Å². The van der Waals surface area contributed by atoms with Gasteiger partial charge in [0.15, 0.2) is 11.5 Å². The lowest BCUT2D eigenvalue weighted by Crippen LogP contribution is -2.06. The number of methoxy groups -OCH3 is 3. The summed E-state index contributed by atoms with van der Waals surface area (Å²) in [5, 5.41) is 1.79. The minimum Gasteiger partial charge on any atom is -0.495 e. The maximum absolute atomic E-state index is 12.5. The molecule has 2 N–H and O–H groups in total. The summed E-state index contributed by atoms with van der Waals surface area (Å²) in [6.07, 6.45) is 0. The molecule has 1 heterocycles. The summed E-state index contributed by atoms with van der Waals surface area (Å²) in [6, 6.07) is 4.90. The highest BCUT2D eigenvalue weighted by Crippen LogP contribution is 2.35. The van der Waals surface area contributed by atoms with Crippen molar-refractivity contribution in [2.75, 3.05) is 27.1 Å². The van der Waals surface area contributed by atoms with E-state index in [2.05, 4.69) is 0 Å². The van der Waals surface area contributed by atoms with E-state index < -0.39 is 0 Å². The molecule has 0 radical (unpaired) electrons. The van der Waals surface area contributed by atoms with Crippen LogP contribution in [0.2, 0.25) is 0 Å². The molecule has 0 atom stereocenters. The Balaban J connectivity index is 2.50. The molecule has 0 saturated heterocycles. The summed E-state index contributed by atoms with van der Waals surface area (Å²) in [5.41, 5.74) is 6.63. The van der Waals surface area contributed by atoms with Gasteiger partial charge >= 0.3 is 0 Å². The number of ketones is 1. The number of carbonyl (C=O) groups is 1. The van der Waals surface area contributed by atoms with Gasteiger partial charge in [0, 0.05) is 11.8 Å². The monoisotopic (exact) mass is 293 g/mol. The van der Waals surface area contributed by atoms with Crippen LogP contribution >= 0.6 is 11.3 Å². The topological polar surface area (TPSA) is 70.8 Å². The average Bonchev–Trinajstić information content (AvgIpc) is 2.94. The van der Waals surface area contributed by atoms with Gasteiger partial charge in [-0.2, -0.15) is 0 Å². The second kappa shape index (κ2) is 5.83. The number of ether oxygens (including phenoxy) is 3. The number of nitrogens with two attached hydrogens (primary N) is 1. The molecule has 1 aromatic heterocycles. The van der Waals surface area contributed by atoms with Gasteiger partial charge in [-0.3, -0.25) is 4.79 Å². The number of anilines is 1. The van der Waals surface area contributed by atoms with E-state index in [0.29, 0.717) is 33.4 Å². The highest BCUT2D eigenvalue weighted by atomic mass is 32.1. The van der Waals surface area contributed by atoms with Gasteiger partial charge in [0.2, 0.25) is 5.78 Å². The van der Waals surface area contributed by atoms with Crippen molar-refractivity contribution in [2.24, 2.45) is 0 Å². The van der Waals surface area contributed by atoms with Gasteiger partial charge in [0.25, 0.3) is 0 Å². The van der Waals surface area contributed by atoms with Gasteiger partial charge in [-0.1, -0.05) is 0 Å². The molecule has 0 fully saturated rings. The van der Waals surface area contributed by atoms with Crippen molar-refractivity contribution < 1.29 is 19.0 Å². The first kappa shape index (κ1) is 14.2. The predicted molar refractivity (Wildman–Crippen MR) is 78.3 cm³/mol. The smallest absolute Gasteiger partial charge is 0.208 e. The van der Waals surface area contributed by atoms with Crippen molar-refractivity contribution in [3.05, 3.63) is 34.0 Å². The molecule has 0 aliphatic heterocycles. The fourth-order valence-corrected chi connectivity index (χ4v) is 2.65. The Labute approximate surface area is 120 Å². The molecule has 106 valence electrons. The fraction of sp³-hybridized carbons (Fsp3) is 0.214. The van der Waals surface area contributed by atoms with Crippen LogP contribution in [-0.4, -0.2) is 27.1 Å². The minimum absolute atomic E-state index is 0.199. The molecule has 0 amide bonds. The van der Waals surface area contributed by atoms with Crippen molar-refractivity contribution in [1.82, 2.24) is 0 Å². The van der Waals surface area contributed by atoms with Crippen LogP contribution in [0.1, 0.15) is 15.2 Å². The number of hydrogen-bond donors (Lipinski definition) is 1. The molecule has 0 unspecified atom stereocenters. The molecule has 6 heteroatoms. The molecule has 0 aliphatic carbocycles. The van der Waals surface area contributed by atoms with E-state index in [1.54, 1.807) is 23.6 Å². The molecule has 2 aromatic rings. The fourth-order valence-electron chi connectivity index (χ4n) is 1.84. The van der Waals surface area contributed by atoms with Crippen LogP contribution in [0.5, 0.6) is 17.2 Å². The van der Waals surface area contributed by atoms with E-state index >= 15 is 0 Å². The zero-order valence-corrected chi connectivity index (χ0v) is 12.2. The van der Waals surface area contributed by atoms with Gasteiger partial charge in [0.1, 0.15) is 10.6 Å². The quantitative estimate of drug-likeness (QED) is 0.677.